The quantitative estimate of drug-likeness (QED) is 0.196. The average molecular weight is 559 g/mol. The van der Waals surface area contributed by atoms with Crippen molar-refractivity contribution in [2.75, 3.05) is 13.7 Å². The summed E-state index contributed by atoms with van der Waals surface area (Å²) < 4.78 is 30.7. The monoisotopic (exact) mass is 558 g/mol. The second kappa shape index (κ2) is 15.2. The van der Waals surface area contributed by atoms with Crippen LogP contribution in [0.1, 0.15) is 72.0 Å². The lowest BCUT2D eigenvalue weighted by Crippen LogP contribution is -2.38. The van der Waals surface area contributed by atoms with Crippen molar-refractivity contribution in [3.8, 4) is 5.75 Å². The Kier molecular flexibility index (Phi) is 10.8. The minimum absolute atomic E-state index is 0.0776. The molecule has 41 heavy (non-hydrogen) atoms. The highest BCUT2D eigenvalue weighted by atomic mass is 16.5. The van der Waals surface area contributed by atoms with Gasteiger partial charge >= 0.3 is 5.97 Å². The van der Waals surface area contributed by atoms with Gasteiger partial charge < -0.3 is 23.7 Å². The van der Waals surface area contributed by atoms with Gasteiger partial charge in [-0.3, -0.25) is 0 Å². The molecule has 6 nitrogen and oxygen atoms in total. The third kappa shape index (κ3) is 8.65. The standard InChI is InChI=1S/C35H42O6/c1-37-33-16-8-14-28-17-18-30-22-32(39-25-27-12-6-3-7-13-27)23-31(40-30)20-19-29(41-35(36)34(28)33)15-9-21-38-24-26-10-4-2-5-11-26/h2-8,10-14,16,29-32H,9,15,17-25H2,1H3/t29?,30-,31?,32+/m0/s1. The zero-order chi connectivity index (χ0) is 28.3. The summed E-state index contributed by atoms with van der Waals surface area (Å²) in [5, 5.41) is 0. The summed E-state index contributed by atoms with van der Waals surface area (Å²) >= 11 is 0. The molecule has 2 unspecified atom stereocenters. The number of methoxy groups -OCH3 is 1. The molecule has 218 valence electrons. The number of cyclic esters (lactones) is 1. The lowest BCUT2D eigenvalue weighted by atomic mass is 9.92. The van der Waals surface area contributed by atoms with Crippen LogP contribution < -0.4 is 4.74 Å². The average Bonchev–Trinajstić information content (AvgIpc) is 3.01. The molecule has 0 spiro atoms. The Balaban J connectivity index is 1.26. The number of rotatable bonds is 10. The summed E-state index contributed by atoms with van der Waals surface area (Å²) in [5.41, 5.74) is 3.81. The number of esters is 1. The number of ether oxygens (including phenoxy) is 5. The van der Waals surface area contributed by atoms with Crippen LogP contribution in [0.4, 0.5) is 0 Å². The molecule has 3 aromatic carbocycles. The molecule has 0 amide bonds. The molecule has 2 aliphatic heterocycles. The maximum absolute atomic E-state index is 13.5. The van der Waals surface area contributed by atoms with Gasteiger partial charge in [0.1, 0.15) is 17.4 Å². The van der Waals surface area contributed by atoms with E-state index < -0.39 is 0 Å². The first-order valence-corrected chi connectivity index (χ1v) is 15.0. The Morgan fingerprint density at radius 3 is 2.24 bits per heavy atom. The van der Waals surface area contributed by atoms with E-state index in [4.69, 9.17) is 23.7 Å². The maximum Gasteiger partial charge on any atom is 0.342 e. The number of hydrogen-bond donors (Lipinski definition) is 0. The first kappa shape index (κ1) is 29.3. The summed E-state index contributed by atoms with van der Waals surface area (Å²) in [6, 6.07) is 26.3. The number of carbonyl (C=O) groups is 1. The third-order valence-electron chi connectivity index (χ3n) is 8.05. The van der Waals surface area contributed by atoms with Gasteiger partial charge in [-0.05, 0) is 74.1 Å². The molecule has 0 aliphatic carbocycles. The molecule has 1 fully saturated rings. The van der Waals surface area contributed by atoms with E-state index in [-0.39, 0.29) is 30.4 Å². The van der Waals surface area contributed by atoms with Crippen LogP contribution in [0, 0.1) is 0 Å². The molecule has 0 radical (unpaired) electrons. The molecular formula is C35H42O6. The number of carbonyl (C=O) groups excluding carboxylic acids is 1. The molecule has 0 aromatic heterocycles. The normalized spacial score (nSPS) is 23.0. The minimum Gasteiger partial charge on any atom is -0.496 e. The first-order chi connectivity index (χ1) is 20.2. The number of benzene rings is 3. The van der Waals surface area contributed by atoms with E-state index in [2.05, 4.69) is 24.3 Å². The van der Waals surface area contributed by atoms with Crippen molar-refractivity contribution in [1.82, 2.24) is 0 Å². The second-order valence-electron chi connectivity index (χ2n) is 11.1. The smallest absolute Gasteiger partial charge is 0.342 e. The molecule has 0 N–H and O–H groups in total. The molecular weight excluding hydrogens is 516 g/mol. The zero-order valence-electron chi connectivity index (χ0n) is 24.0. The molecule has 3 aromatic rings. The SMILES string of the molecule is COc1cccc2c1C(=O)OC(CCCOCc1ccccc1)CCC1C[C@H](OCc3ccccc3)C[C@H](CC2)O1. The van der Waals surface area contributed by atoms with E-state index in [1.54, 1.807) is 7.11 Å². The van der Waals surface area contributed by atoms with Crippen molar-refractivity contribution in [2.24, 2.45) is 0 Å². The highest BCUT2D eigenvalue weighted by Crippen LogP contribution is 2.32. The summed E-state index contributed by atoms with van der Waals surface area (Å²) in [6.07, 6.45) is 6.40. The van der Waals surface area contributed by atoms with E-state index in [9.17, 15) is 4.79 Å². The Hall–Kier alpha value is -3.19. The van der Waals surface area contributed by atoms with Crippen LogP contribution >= 0.6 is 0 Å². The van der Waals surface area contributed by atoms with Gasteiger partial charge in [0.25, 0.3) is 0 Å². The molecule has 5 rings (SSSR count). The van der Waals surface area contributed by atoms with Gasteiger partial charge in [-0.25, -0.2) is 4.79 Å². The minimum atomic E-state index is -0.302. The first-order valence-electron chi connectivity index (χ1n) is 15.0. The Morgan fingerprint density at radius 1 is 0.805 bits per heavy atom. The molecule has 2 heterocycles. The van der Waals surface area contributed by atoms with Gasteiger partial charge in [-0.15, -0.1) is 0 Å². The highest BCUT2D eigenvalue weighted by Gasteiger charge is 2.32. The summed E-state index contributed by atoms with van der Waals surface area (Å²) in [7, 11) is 1.60. The molecule has 0 saturated carbocycles. The van der Waals surface area contributed by atoms with E-state index in [1.165, 1.54) is 5.56 Å². The van der Waals surface area contributed by atoms with Gasteiger partial charge in [0.15, 0.2) is 0 Å². The van der Waals surface area contributed by atoms with E-state index in [0.717, 1.165) is 56.1 Å². The maximum atomic E-state index is 13.5. The molecule has 1 saturated heterocycles. The number of fused-ring (bicyclic) bond motifs is 3. The largest absolute Gasteiger partial charge is 0.496 e. The summed E-state index contributed by atoms with van der Waals surface area (Å²) in [6.45, 7) is 1.80. The fourth-order valence-electron chi connectivity index (χ4n) is 5.89. The van der Waals surface area contributed by atoms with Gasteiger partial charge in [-0.2, -0.15) is 0 Å². The Bertz CT molecular complexity index is 1210. The predicted molar refractivity (Wildman–Crippen MR) is 158 cm³/mol. The van der Waals surface area contributed by atoms with Crippen molar-refractivity contribution in [3.63, 3.8) is 0 Å². The van der Waals surface area contributed by atoms with E-state index >= 15 is 0 Å². The zero-order valence-corrected chi connectivity index (χ0v) is 24.0. The van der Waals surface area contributed by atoms with Crippen LogP contribution in [0.2, 0.25) is 0 Å². The number of hydrogen-bond acceptors (Lipinski definition) is 6. The summed E-state index contributed by atoms with van der Waals surface area (Å²) in [5.74, 6) is 0.254. The van der Waals surface area contributed by atoms with Gasteiger partial charge in [0, 0.05) is 6.61 Å². The van der Waals surface area contributed by atoms with Crippen LogP contribution in [0.25, 0.3) is 0 Å². The van der Waals surface area contributed by atoms with Crippen molar-refractivity contribution < 1.29 is 28.5 Å². The Labute approximate surface area is 243 Å². The van der Waals surface area contributed by atoms with Gasteiger partial charge in [0.2, 0.25) is 0 Å². The van der Waals surface area contributed by atoms with Crippen LogP contribution in [-0.2, 0) is 38.6 Å². The van der Waals surface area contributed by atoms with Crippen LogP contribution in [-0.4, -0.2) is 44.1 Å². The van der Waals surface area contributed by atoms with Crippen LogP contribution in [0.3, 0.4) is 0 Å². The van der Waals surface area contributed by atoms with Crippen LogP contribution in [0.5, 0.6) is 5.75 Å². The topological polar surface area (TPSA) is 63.2 Å². The van der Waals surface area contributed by atoms with Gasteiger partial charge in [0.05, 0.1) is 38.6 Å². The summed E-state index contributed by atoms with van der Waals surface area (Å²) in [4.78, 5) is 13.5. The predicted octanol–water partition coefficient (Wildman–Crippen LogP) is 7.08. The van der Waals surface area contributed by atoms with Crippen molar-refractivity contribution in [2.45, 2.75) is 89.0 Å². The number of aryl methyl sites for hydroxylation is 1. The van der Waals surface area contributed by atoms with Gasteiger partial charge in [-0.1, -0.05) is 72.8 Å². The highest BCUT2D eigenvalue weighted by molar-refractivity contribution is 5.94. The fraction of sp³-hybridized carbons (Fsp3) is 0.457. The van der Waals surface area contributed by atoms with Crippen LogP contribution in [0.15, 0.2) is 78.9 Å². The molecule has 6 heteroatoms. The third-order valence-corrected chi connectivity index (χ3v) is 8.05. The molecule has 2 bridgehead atoms. The fourth-order valence-corrected chi connectivity index (χ4v) is 5.89. The molecule has 4 atom stereocenters. The second-order valence-corrected chi connectivity index (χ2v) is 11.1. The van der Waals surface area contributed by atoms with Crippen molar-refractivity contribution in [1.29, 1.82) is 0 Å². The Morgan fingerprint density at radius 2 is 1.51 bits per heavy atom. The van der Waals surface area contributed by atoms with E-state index in [1.807, 2.05) is 54.6 Å². The molecule has 2 aliphatic rings. The van der Waals surface area contributed by atoms with Crippen molar-refractivity contribution in [3.05, 3.63) is 101 Å². The lowest BCUT2D eigenvalue weighted by Gasteiger charge is -2.36. The lowest BCUT2D eigenvalue weighted by molar-refractivity contribution is -0.125. The van der Waals surface area contributed by atoms with Crippen molar-refractivity contribution >= 4 is 5.97 Å². The van der Waals surface area contributed by atoms with E-state index in [0.29, 0.717) is 37.6 Å².